The van der Waals surface area contributed by atoms with E-state index in [9.17, 15) is 39.3 Å². The molecular weight excluding hydrogens is 891 g/mol. The van der Waals surface area contributed by atoms with Crippen LogP contribution in [0, 0.1) is 16.7 Å². The monoisotopic (exact) mass is 949 g/mol. The fraction of sp³-hybridized carbons (Fsp3) is 0.434. The van der Waals surface area contributed by atoms with Crippen LogP contribution in [0.3, 0.4) is 0 Å². The molecule has 3 aliphatic carbocycles. The van der Waals surface area contributed by atoms with Crippen molar-refractivity contribution in [3.8, 4) is 5.75 Å². The minimum absolute atomic E-state index is 0.0301. The van der Waals surface area contributed by atoms with Gasteiger partial charge in [-0.05, 0) is 61.7 Å². The number of aliphatic hydroxyl groups excluding tert-OH is 2. The van der Waals surface area contributed by atoms with E-state index in [0.717, 1.165) is 6.92 Å². The van der Waals surface area contributed by atoms with Gasteiger partial charge in [0.15, 0.2) is 23.6 Å². The zero-order chi connectivity index (χ0) is 50.1. The van der Waals surface area contributed by atoms with Crippen molar-refractivity contribution in [3.05, 3.63) is 138 Å². The minimum atomic E-state index is -2.45. The molecule has 4 N–H and O–H groups in total. The van der Waals surface area contributed by atoms with Gasteiger partial charge in [-0.1, -0.05) is 87.2 Å². The van der Waals surface area contributed by atoms with E-state index in [2.05, 4.69) is 18.5 Å². The van der Waals surface area contributed by atoms with Crippen LogP contribution >= 0.6 is 0 Å². The van der Waals surface area contributed by atoms with Crippen molar-refractivity contribution in [2.45, 2.75) is 114 Å². The lowest BCUT2D eigenvalue weighted by Crippen LogP contribution is -2.82. The molecule has 3 aromatic carbocycles. The van der Waals surface area contributed by atoms with Crippen LogP contribution in [0.15, 0.2) is 121 Å². The normalized spacial score (nSPS) is 29.7. The summed E-state index contributed by atoms with van der Waals surface area (Å²) in [5.74, 6) is -6.80. The van der Waals surface area contributed by atoms with Gasteiger partial charge in [0, 0.05) is 42.7 Å². The van der Waals surface area contributed by atoms with E-state index in [1.54, 1.807) is 86.6 Å². The average Bonchev–Trinajstić information content (AvgIpc) is 3.33. The van der Waals surface area contributed by atoms with Gasteiger partial charge >= 0.3 is 23.9 Å². The summed E-state index contributed by atoms with van der Waals surface area (Å²) in [6.45, 7) is 14.2. The molecule has 16 nitrogen and oxygen atoms in total. The van der Waals surface area contributed by atoms with Gasteiger partial charge in [0.2, 0.25) is 0 Å². The Labute approximate surface area is 400 Å². The zero-order valence-corrected chi connectivity index (χ0v) is 39.3. The van der Waals surface area contributed by atoms with Crippen molar-refractivity contribution in [1.29, 1.82) is 0 Å². The summed E-state index contributed by atoms with van der Waals surface area (Å²) >= 11 is 0. The molecule has 0 spiro atoms. The number of rotatable bonds is 16. The quantitative estimate of drug-likeness (QED) is 0.0817. The Morgan fingerprint density at radius 2 is 1.54 bits per heavy atom. The summed E-state index contributed by atoms with van der Waals surface area (Å²) < 4.78 is 36.8. The Kier molecular flexibility index (Phi) is 14.5. The second kappa shape index (κ2) is 19.9. The Bertz CT molecular complexity index is 2520. The fourth-order valence-electron chi connectivity index (χ4n) is 10.7. The third kappa shape index (κ3) is 9.02. The van der Waals surface area contributed by atoms with Gasteiger partial charge in [-0.15, -0.1) is 6.58 Å². The summed E-state index contributed by atoms with van der Waals surface area (Å²) in [6, 6.07) is 20.8. The molecule has 2 bridgehead atoms. The van der Waals surface area contributed by atoms with Crippen LogP contribution in [-0.4, -0.2) is 112 Å². The maximum Gasteiger partial charge on any atom is 0.338 e. The first-order chi connectivity index (χ1) is 32.8. The lowest BCUT2D eigenvalue weighted by molar-refractivity contribution is -0.346. The number of allylic oxidation sites excluding steroid dienone is 1. The molecule has 0 radical (unpaired) electrons. The molecule has 366 valence electrons. The number of amides is 1. The molecule has 3 fully saturated rings. The summed E-state index contributed by atoms with van der Waals surface area (Å²) in [6.07, 6.45) is -7.83. The number of benzene rings is 3. The Hall–Kier alpha value is -6.46. The van der Waals surface area contributed by atoms with E-state index in [-0.39, 0.29) is 66.1 Å². The summed E-state index contributed by atoms with van der Waals surface area (Å²) in [7, 11) is 0. The number of esters is 4. The summed E-state index contributed by atoms with van der Waals surface area (Å²) in [5, 5.41) is 41.0. The number of hydrogen-bond donors (Lipinski definition) is 4. The Morgan fingerprint density at radius 3 is 2.14 bits per heavy atom. The van der Waals surface area contributed by atoms with Gasteiger partial charge in [-0.2, -0.15) is 0 Å². The second-order valence-corrected chi connectivity index (χ2v) is 18.8. The van der Waals surface area contributed by atoms with Crippen LogP contribution in [-0.2, 0) is 42.9 Å². The number of carbonyl (C=O) groups excluding carboxylic acids is 6. The van der Waals surface area contributed by atoms with E-state index >= 15 is 4.79 Å². The lowest BCUT2D eigenvalue weighted by atomic mass is 9.44. The number of aliphatic hydroxyl groups is 3. The molecule has 1 aliphatic heterocycles. The van der Waals surface area contributed by atoms with Gasteiger partial charge in [0.1, 0.15) is 36.3 Å². The highest BCUT2D eigenvalue weighted by atomic mass is 16.6. The maximum absolute atomic E-state index is 15.7. The molecular formula is C53H59NO15. The number of Topliss-reactive ketones (excluding diaryl/α,β-unsaturated/α-hetero) is 1. The van der Waals surface area contributed by atoms with Crippen molar-refractivity contribution >= 4 is 35.6 Å². The number of hydrogen-bond acceptors (Lipinski definition) is 15. The highest BCUT2D eigenvalue weighted by molar-refractivity contribution is 5.96. The fourth-order valence-corrected chi connectivity index (χ4v) is 10.7. The van der Waals surface area contributed by atoms with Crippen molar-refractivity contribution in [1.82, 2.24) is 5.32 Å². The molecule has 0 aromatic heterocycles. The SMILES string of the molecule is C=CCCC(=O)O[C@@]12CO[C@@H]1C[C@H](O)[C@@]1(C)C(=O)[C@H](OC(C)=O)C3=C(C)[C@@H](OC(=O)[C@H](O)[C@@H](NC(=O)c4ccccc4)c4ccccc4OCC=C)C[C@@](O)([C@@H](OC(=O)c4ccccc4)[C@H]21)C3(C)C. The first kappa shape index (κ1) is 50.4. The van der Waals surface area contributed by atoms with Gasteiger partial charge in [-0.25, -0.2) is 9.59 Å². The van der Waals surface area contributed by atoms with Crippen molar-refractivity contribution in [2.75, 3.05) is 13.2 Å². The van der Waals surface area contributed by atoms with Crippen molar-refractivity contribution in [2.24, 2.45) is 16.7 Å². The molecule has 1 saturated heterocycles. The number of para-hydroxylation sites is 1. The van der Waals surface area contributed by atoms with Gasteiger partial charge in [0.25, 0.3) is 5.91 Å². The molecule has 7 rings (SSSR count). The molecule has 1 heterocycles. The van der Waals surface area contributed by atoms with Crippen LogP contribution < -0.4 is 10.1 Å². The number of nitrogens with one attached hydrogen (secondary N) is 1. The van der Waals surface area contributed by atoms with E-state index in [0.29, 0.717) is 0 Å². The standard InChI is InChI=1S/C53H59NO15/c1-8-10-25-39(57)69-52-29-65-38(52)27-37(56)51(7)44(52)46(68-48(61)33-21-15-12-16-22-33)53(63)28-36(30(3)40(50(53,5)6)43(45(51)59)66-31(4)55)67-49(62)42(58)41(54-47(60)32-19-13-11-14-20-32)34-23-17-18-24-35(34)64-26-9-2/h8-9,11-24,36-38,41-44,46,56,58,63H,1-2,10,25-29H2,3-7H3,(H,54,60)/t36-,37-,38+,41-,42+,43+,44-,46-,51+,52-,53+/m0/s1. The van der Waals surface area contributed by atoms with Crippen LogP contribution in [0.25, 0.3) is 0 Å². The molecule has 0 unspecified atom stereocenters. The molecule has 11 atom stereocenters. The number of fused-ring (bicyclic) bond motifs is 5. The van der Waals surface area contributed by atoms with Crippen LogP contribution in [0.1, 0.15) is 92.6 Å². The van der Waals surface area contributed by atoms with Crippen molar-refractivity contribution in [3.63, 3.8) is 0 Å². The van der Waals surface area contributed by atoms with Crippen LogP contribution in [0.2, 0.25) is 0 Å². The first-order valence-electron chi connectivity index (χ1n) is 22.9. The first-order valence-corrected chi connectivity index (χ1v) is 22.9. The molecule has 16 heteroatoms. The van der Waals surface area contributed by atoms with E-state index < -0.39 is 113 Å². The van der Waals surface area contributed by atoms with Crippen molar-refractivity contribution < 1.29 is 72.5 Å². The van der Waals surface area contributed by atoms with Gasteiger partial charge in [0.05, 0.1) is 35.6 Å². The zero-order valence-electron chi connectivity index (χ0n) is 39.3. The van der Waals surface area contributed by atoms with Crippen LogP contribution in [0.5, 0.6) is 5.75 Å². The number of ether oxygens (including phenoxy) is 6. The van der Waals surface area contributed by atoms with E-state index in [4.69, 9.17) is 28.4 Å². The molecule has 2 saturated carbocycles. The predicted molar refractivity (Wildman–Crippen MR) is 247 cm³/mol. The predicted octanol–water partition coefficient (Wildman–Crippen LogP) is 5.25. The molecule has 1 amide bonds. The smallest absolute Gasteiger partial charge is 0.338 e. The highest BCUT2D eigenvalue weighted by Crippen LogP contribution is 2.64. The second-order valence-electron chi connectivity index (χ2n) is 18.8. The number of carbonyl (C=O) groups is 6. The molecule has 3 aromatic rings. The van der Waals surface area contributed by atoms with Gasteiger partial charge < -0.3 is 49.1 Å². The minimum Gasteiger partial charge on any atom is -0.489 e. The Morgan fingerprint density at radius 1 is 0.899 bits per heavy atom. The summed E-state index contributed by atoms with van der Waals surface area (Å²) in [4.78, 5) is 85.5. The van der Waals surface area contributed by atoms with Crippen LogP contribution in [0.4, 0.5) is 0 Å². The summed E-state index contributed by atoms with van der Waals surface area (Å²) in [5.41, 5.74) is -7.51. The molecule has 69 heavy (non-hydrogen) atoms. The third-order valence-corrected chi connectivity index (χ3v) is 14.5. The maximum atomic E-state index is 15.7. The van der Waals surface area contributed by atoms with E-state index in [1.807, 2.05) is 0 Å². The van der Waals surface area contributed by atoms with E-state index in [1.165, 1.54) is 38.1 Å². The largest absolute Gasteiger partial charge is 0.489 e. The topological polar surface area (TPSA) is 231 Å². The average molecular weight is 950 g/mol. The number of ketones is 1. The third-order valence-electron chi connectivity index (χ3n) is 14.5. The van der Waals surface area contributed by atoms with Gasteiger partial charge in [-0.3, -0.25) is 19.2 Å². The lowest BCUT2D eigenvalue weighted by Gasteiger charge is -2.67. The Balaban J connectivity index is 1.40. The molecule has 4 aliphatic rings. The highest BCUT2D eigenvalue weighted by Gasteiger charge is 2.78.